The van der Waals surface area contributed by atoms with Crippen LogP contribution in [0.5, 0.6) is 0 Å². The van der Waals surface area contributed by atoms with Crippen LogP contribution in [-0.4, -0.2) is 37.2 Å². The molecule has 2 aromatic rings. The van der Waals surface area contributed by atoms with Gasteiger partial charge in [0.1, 0.15) is 0 Å². The van der Waals surface area contributed by atoms with Crippen LogP contribution in [0.3, 0.4) is 0 Å². The zero-order valence-electron chi connectivity index (χ0n) is 13.6. The molecule has 3 rings (SSSR count). The van der Waals surface area contributed by atoms with Crippen LogP contribution in [0.4, 0.5) is 0 Å². The molecule has 0 saturated heterocycles. The fourth-order valence-electron chi connectivity index (χ4n) is 2.74. The van der Waals surface area contributed by atoms with E-state index in [1.165, 1.54) is 17.4 Å². The first-order valence-electron chi connectivity index (χ1n) is 7.71. The molecular weight excluding hydrogens is 326 g/mol. The van der Waals surface area contributed by atoms with Gasteiger partial charge in [0.25, 0.3) is 5.91 Å². The van der Waals surface area contributed by atoms with Gasteiger partial charge in [0, 0.05) is 25.4 Å². The number of fused-ring (bicyclic) bond motifs is 1. The summed E-state index contributed by atoms with van der Waals surface area (Å²) in [5, 5.41) is 2.74. The Kier molecular flexibility index (Phi) is 4.38. The van der Waals surface area contributed by atoms with E-state index in [1.54, 1.807) is 37.4 Å². The van der Waals surface area contributed by atoms with Crippen LogP contribution in [0.2, 0.25) is 0 Å². The lowest BCUT2D eigenvalue weighted by Gasteiger charge is -2.25. The Balaban J connectivity index is 1.96. The molecule has 0 aliphatic carbocycles. The SMILES string of the molecule is C[C@@H](c1ccccn1)N(C)S(=O)(=O)c1ccc2c(c1)C(=O)NCC2. The Morgan fingerprint density at radius 2 is 2.04 bits per heavy atom. The Hall–Kier alpha value is -2.25. The molecule has 0 saturated carbocycles. The number of rotatable bonds is 4. The van der Waals surface area contributed by atoms with E-state index in [0.29, 0.717) is 24.2 Å². The van der Waals surface area contributed by atoms with Gasteiger partial charge in [0.15, 0.2) is 0 Å². The average Bonchev–Trinajstić information content (AvgIpc) is 2.61. The molecule has 1 aromatic heterocycles. The molecule has 1 aromatic carbocycles. The largest absolute Gasteiger partial charge is 0.352 e. The van der Waals surface area contributed by atoms with Crippen LogP contribution in [0.1, 0.15) is 34.6 Å². The highest BCUT2D eigenvalue weighted by atomic mass is 32.2. The number of carbonyl (C=O) groups excluding carboxylic acids is 1. The number of amides is 1. The lowest BCUT2D eigenvalue weighted by Crippen LogP contribution is -2.33. The number of benzene rings is 1. The normalized spacial score (nSPS) is 15.7. The first kappa shape index (κ1) is 16.6. The minimum atomic E-state index is -3.73. The van der Waals surface area contributed by atoms with Crippen molar-refractivity contribution in [3.05, 3.63) is 59.4 Å². The maximum Gasteiger partial charge on any atom is 0.251 e. The van der Waals surface area contributed by atoms with E-state index >= 15 is 0 Å². The van der Waals surface area contributed by atoms with Gasteiger partial charge in [-0.2, -0.15) is 4.31 Å². The Labute approximate surface area is 141 Å². The van der Waals surface area contributed by atoms with Crippen LogP contribution >= 0.6 is 0 Å². The number of pyridine rings is 1. The lowest BCUT2D eigenvalue weighted by molar-refractivity contribution is 0.0945. The molecule has 126 valence electrons. The van der Waals surface area contributed by atoms with E-state index in [2.05, 4.69) is 10.3 Å². The number of sulfonamides is 1. The summed E-state index contributed by atoms with van der Waals surface area (Å²) in [4.78, 5) is 16.3. The van der Waals surface area contributed by atoms with Crippen molar-refractivity contribution in [3.63, 3.8) is 0 Å². The molecule has 2 heterocycles. The first-order chi connectivity index (χ1) is 11.4. The molecule has 1 amide bonds. The third-order valence-electron chi connectivity index (χ3n) is 4.34. The van der Waals surface area contributed by atoms with Crippen molar-refractivity contribution >= 4 is 15.9 Å². The zero-order valence-corrected chi connectivity index (χ0v) is 14.4. The number of aromatic nitrogens is 1. The summed E-state index contributed by atoms with van der Waals surface area (Å²) in [5.41, 5.74) is 1.97. The van der Waals surface area contributed by atoms with Gasteiger partial charge in [-0.15, -0.1) is 0 Å². The molecule has 1 atom stereocenters. The predicted octanol–water partition coefficient (Wildman–Crippen LogP) is 1.75. The van der Waals surface area contributed by atoms with Gasteiger partial charge in [0.05, 0.1) is 16.6 Å². The molecule has 0 fully saturated rings. The topological polar surface area (TPSA) is 79.4 Å². The third-order valence-corrected chi connectivity index (χ3v) is 6.27. The highest BCUT2D eigenvalue weighted by Crippen LogP contribution is 2.26. The molecule has 6 nitrogen and oxygen atoms in total. The summed E-state index contributed by atoms with van der Waals surface area (Å²) in [6.45, 7) is 2.36. The van der Waals surface area contributed by atoms with Crippen LogP contribution in [0.25, 0.3) is 0 Å². The fraction of sp³-hybridized carbons (Fsp3) is 0.294. The van der Waals surface area contributed by atoms with Gasteiger partial charge in [-0.05, 0) is 43.2 Å². The maximum atomic E-state index is 12.9. The van der Waals surface area contributed by atoms with Crippen molar-refractivity contribution in [3.8, 4) is 0 Å². The molecule has 1 N–H and O–H groups in total. The Morgan fingerprint density at radius 1 is 1.25 bits per heavy atom. The summed E-state index contributed by atoms with van der Waals surface area (Å²) in [6, 6.07) is 9.72. The second kappa shape index (κ2) is 6.33. The van der Waals surface area contributed by atoms with Crippen LogP contribution < -0.4 is 5.32 Å². The van der Waals surface area contributed by atoms with Crippen LogP contribution in [-0.2, 0) is 16.4 Å². The maximum absolute atomic E-state index is 12.9. The Morgan fingerprint density at radius 3 is 2.75 bits per heavy atom. The second-order valence-electron chi connectivity index (χ2n) is 5.78. The van der Waals surface area contributed by atoms with Crippen LogP contribution in [0.15, 0.2) is 47.5 Å². The van der Waals surface area contributed by atoms with E-state index < -0.39 is 16.1 Å². The van der Waals surface area contributed by atoms with Gasteiger partial charge < -0.3 is 5.32 Å². The minimum absolute atomic E-state index is 0.114. The molecule has 1 aliphatic rings. The first-order valence-corrected chi connectivity index (χ1v) is 9.15. The second-order valence-corrected chi connectivity index (χ2v) is 7.77. The summed E-state index contributed by atoms with van der Waals surface area (Å²) in [7, 11) is -2.21. The number of hydrogen-bond acceptors (Lipinski definition) is 4. The monoisotopic (exact) mass is 345 g/mol. The smallest absolute Gasteiger partial charge is 0.251 e. The highest BCUT2D eigenvalue weighted by molar-refractivity contribution is 7.89. The van der Waals surface area contributed by atoms with E-state index in [1.807, 2.05) is 6.07 Å². The van der Waals surface area contributed by atoms with Gasteiger partial charge in [0.2, 0.25) is 10.0 Å². The summed E-state index contributed by atoms with van der Waals surface area (Å²) < 4.78 is 27.1. The molecule has 24 heavy (non-hydrogen) atoms. The molecule has 0 bridgehead atoms. The van der Waals surface area contributed by atoms with Crippen LogP contribution in [0, 0.1) is 0 Å². The van der Waals surface area contributed by atoms with Crippen molar-refractivity contribution in [2.24, 2.45) is 0 Å². The number of hydrogen-bond donors (Lipinski definition) is 1. The predicted molar refractivity (Wildman–Crippen MR) is 90.1 cm³/mol. The van der Waals surface area contributed by atoms with Gasteiger partial charge in [-0.3, -0.25) is 9.78 Å². The molecule has 0 radical (unpaired) electrons. The quantitative estimate of drug-likeness (QED) is 0.915. The van der Waals surface area contributed by atoms with Crippen molar-refractivity contribution < 1.29 is 13.2 Å². The summed E-state index contributed by atoms with van der Waals surface area (Å²) >= 11 is 0. The minimum Gasteiger partial charge on any atom is -0.352 e. The Bertz CT molecular complexity index is 866. The molecule has 7 heteroatoms. The van der Waals surface area contributed by atoms with E-state index in [4.69, 9.17) is 0 Å². The van der Waals surface area contributed by atoms with Crippen molar-refractivity contribution in [1.82, 2.24) is 14.6 Å². The number of carbonyl (C=O) groups is 1. The lowest BCUT2D eigenvalue weighted by atomic mass is 10.0. The van der Waals surface area contributed by atoms with E-state index in [9.17, 15) is 13.2 Å². The third kappa shape index (κ3) is 2.92. The van der Waals surface area contributed by atoms with Crippen molar-refractivity contribution in [2.45, 2.75) is 24.3 Å². The highest BCUT2D eigenvalue weighted by Gasteiger charge is 2.28. The standard InChI is InChI=1S/C17H19N3O3S/c1-12(16-5-3-4-9-18-16)20(2)24(22,23)14-7-6-13-8-10-19-17(21)15(13)11-14/h3-7,9,11-12H,8,10H2,1-2H3,(H,19,21)/t12-/m0/s1. The molecular formula is C17H19N3O3S. The van der Waals surface area contributed by atoms with E-state index in [-0.39, 0.29) is 10.8 Å². The molecule has 1 aliphatic heterocycles. The summed E-state index contributed by atoms with van der Waals surface area (Å²) in [5.74, 6) is -0.228. The van der Waals surface area contributed by atoms with Gasteiger partial charge in [-0.25, -0.2) is 8.42 Å². The van der Waals surface area contributed by atoms with Crippen molar-refractivity contribution in [2.75, 3.05) is 13.6 Å². The fourth-order valence-corrected chi connectivity index (χ4v) is 4.10. The van der Waals surface area contributed by atoms with Gasteiger partial charge >= 0.3 is 0 Å². The van der Waals surface area contributed by atoms with Crippen molar-refractivity contribution in [1.29, 1.82) is 0 Å². The van der Waals surface area contributed by atoms with E-state index in [0.717, 1.165) is 5.56 Å². The van der Waals surface area contributed by atoms with Gasteiger partial charge in [-0.1, -0.05) is 12.1 Å². The molecule has 0 spiro atoms. The number of nitrogens with zero attached hydrogens (tertiary/aromatic N) is 2. The average molecular weight is 345 g/mol. The number of nitrogens with one attached hydrogen (secondary N) is 1. The zero-order chi connectivity index (χ0) is 17.3. The summed E-state index contributed by atoms with van der Waals surface area (Å²) in [6.07, 6.45) is 2.34. The molecule has 0 unspecified atom stereocenters.